The van der Waals surface area contributed by atoms with Crippen molar-refractivity contribution in [3.05, 3.63) is 65.7 Å². The van der Waals surface area contributed by atoms with Crippen LogP contribution in [0.2, 0.25) is 0 Å². The number of nitriles is 1. The molecule has 0 bridgehead atoms. The Kier molecular flexibility index (Phi) is 5.39. The van der Waals surface area contributed by atoms with Gasteiger partial charge in [-0.3, -0.25) is 4.79 Å². The quantitative estimate of drug-likeness (QED) is 0.685. The first-order valence-corrected chi connectivity index (χ1v) is 8.46. The van der Waals surface area contributed by atoms with Crippen molar-refractivity contribution in [2.45, 2.75) is 11.7 Å². The first-order chi connectivity index (χ1) is 12.2. The SMILES string of the molecule is N#Cc1cccc(NC(=O)CSc2nnnn2Cc2ccccc2)c1. The van der Waals surface area contributed by atoms with Crippen LogP contribution in [-0.2, 0) is 11.3 Å². The smallest absolute Gasteiger partial charge is 0.234 e. The van der Waals surface area contributed by atoms with Gasteiger partial charge in [0.2, 0.25) is 11.1 Å². The Hall–Kier alpha value is -3.18. The van der Waals surface area contributed by atoms with Gasteiger partial charge < -0.3 is 5.32 Å². The van der Waals surface area contributed by atoms with Crippen LogP contribution in [-0.4, -0.2) is 31.9 Å². The molecule has 1 aromatic heterocycles. The molecular formula is C17H14N6OS. The van der Waals surface area contributed by atoms with Crippen LogP contribution < -0.4 is 5.32 Å². The maximum absolute atomic E-state index is 12.1. The van der Waals surface area contributed by atoms with Gasteiger partial charge in [-0.1, -0.05) is 48.2 Å². The lowest BCUT2D eigenvalue weighted by molar-refractivity contribution is -0.113. The van der Waals surface area contributed by atoms with E-state index in [2.05, 4.69) is 20.8 Å². The fraction of sp³-hybridized carbons (Fsp3) is 0.118. The Bertz CT molecular complexity index is 903. The van der Waals surface area contributed by atoms with E-state index in [4.69, 9.17) is 5.26 Å². The Morgan fingerprint density at radius 1 is 1.20 bits per heavy atom. The Balaban J connectivity index is 1.58. The summed E-state index contributed by atoms with van der Waals surface area (Å²) in [6, 6.07) is 18.7. The number of rotatable bonds is 6. The fourth-order valence-corrected chi connectivity index (χ4v) is 2.83. The highest BCUT2D eigenvalue weighted by Crippen LogP contribution is 2.16. The molecule has 0 aliphatic heterocycles. The minimum Gasteiger partial charge on any atom is -0.325 e. The molecule has 0 fully saturated rings. The maximum atomic E-state index is 12.1. The lowest BCUT2D eigenvalue weighted by atomic mass is 10.2. The summed E-state index contributed by atoms with van der Waals surface area (Å²) in [6.45, 7) is 0.544. The number of thioether (sulfide) groups is 1. The molecular weight excluding hydrogens is 336 g/mol. The van der Waals surface area contributed by atoms with Gasteiger partial charge in [0.15, 0.2) is 0 Å². The van der Waals surface area contributed by atoms with Crippen LogP contribution in [0.15, 0.2) is 59.8 Å². The topological polar surface area (TPSA) is 96.5 Å². The number of carbonyl (C=O) groups is 1. The van der Waals surface area contributed by atoms with E-state index in [1.54, 1.807) is 28.9 Å². The Morgan fingerprint density at radius 3 is 2.84 bits per heavy atom. The highest BCUT2D eigenvalue weighted by Gasteiger charge is 2.11. The fourth-order valence-electron chi connectivity index (χ4n) is 2.15. The number of nitrogens with zero attached hydrogens (tertiary/aromatic N) is 5. The number of amides is 1. The predicted octanol–water partition coefficient (Wildman–Crippen LogP) is 2.32. The van der Waals surface area contributed by atoms with Crippen molar-refractivity contribution in [2.75, 3.05) is 11.1 Å². The van der Waals surface area contributed by atoms with Crippen molar-refractivity contribution in [2.24, 2.45) is 0 Å². The number of hydrogen-bond donors (Lipinski definition) is 1. The van der Waals surface area contributed by atoms with Gasteiger partial charge in [-0.25, -0.2) is 4.68 Å². The highest BCUT2D eigenvalue weighted by atomic mass is 32.2. The molecule has 0 spiro atoms. The molecule has 25 heavy (non-hydrogen) atoms. The van der Waals surface area contributed by atoms with Crippen LogP contribution in [0.4, 0.5) is 5.69 Å². The van der Waals surface area contributed by atoms with Crippen LogP contribution in [0.5, 0.6) is 0 Å². The number of aromatic nitrogens is 4. The summed E-state index contributed by atoms with van der Waals surface area (Å²) in [6.07, 6.45) is 0. The van der Waals surface area contributed by atoms with E-state index in [9.17, 15) is 4.79 Å². The largest absolute Gasteiger partial charge is 0.325 e. The van der Waals surface area contributed by atoms with Gasteiger partial charge in [0.1, 0.15) is 0 Å². The molecule has 7 nitrogen and oxygen atoms in total. The van der Waals surface area contributed by atoms with Crippen molar-refractivity contribution < 1.29 is 4.79 Å². The van der Waals surface area contributed by atoms with Crippen LogP contribution in [0.1, 0.15) is 11.1 Å². The molecule has 0 unspecified atom stereocenters. The average molecular weight is 350 g/mol. The van der Waals surface area contributed by atoms with Gasteiger partial charge >= 0.3 is 0 Å². The maximum Gasteiger partial charge on any atom is 0.234 e. The third-order valence-electron chi connectivity index (χ3n) is 3.28. The zero-order valence-corrected chi connectivity index (χ0v) is 14.0. The first kappa shape index (κ1) is 16.7. The van der Waals surface area contributed by atoms with E-state index in [0.29, 0.717) is 23.0 Å². The number of carbonyl (C=O) groups excluding carboxylic acids is 1. The monoisotopic (exact) mass is 350 g/mol. The van der Waals surface area contributed by atoms with E-state index >= 15 is 0 Å². The van der Waals surface area contributed by atoms with Crippen LogP contribution in [0.3, 0.4) is 0 Å². The molecule has 0 saturated heterocycles. The summed E-state index contributed by atoms with van der Waals surface area (Å²) in [4.78, 5) is 12.1. The van der Waals surface area contributed by atoms with E-state index in [-0.39, 0.29) is 11.7 Å². The second-order valence-corrected chi connectivity index (χ2v) is 6.08. The second kappa shape index (κ2) is 8.08. The molecule has 3 rings (SSSR count). The summed E-state index contributed by atoms with van der Waals surface area (Å²) >= 11 is 1.26. The summed E-state index contributed by atoms with van der Waals surface area (Å²) < 4.78 is 1.66. The van der Waals surface area contributed by atoms with Crippen LogP contribution in [0.25, 0.3) is 0 Å². The molecule has 0 radical (unpaired) electrons. The van der Waals surface area contributed by atoms with Gasteiger partial charge in [0.05, 0.1) is 23.9 Å². The molecule has 0 aliphatic rings. The van der Waals surface area contributed by atoms with Gasteiger partial charge in [-0.15, -0.1) is 5.10 Å². The molecule has 1 amide bonds. The minimum atomic E-state index is -0.186. The summed E-state index contributed by atoms with van der Waals surface area (Å²) in [5.41, 5.74) is 2.17. The third kappa shape index (κ3) is 4.65. The molecule has 0 aliphatic carbocycles. The van der Waals surface area contributed by atoms with E-state index in [1.165, 1.54) is 11.8 Å². The molecule has 8 heteroatoms. The molecule has 0 atom stereocenters. The molecule has 1 N–H and O–H groups in total. The summed E-state index contributed by atoms with van der Waals surface area (Å²) in [7, 11) is 0. The van der Waals surface area contributed by atoms with Crippen molar-refractivity contribution in [3.8, 4) is 6.07 Å². The lowest BCUT2D eigenvalue weighted by Gasteiger charge is -2.06. The predicted molar refractivity (Wildman–Crippen MR) is 93.9 cm³/mol. The number of hydrogen-bond acceptors (Lipinski definition) is 6. The molecule has 124 valence electrons. The van der Waals surface area contributed by atoms with Crippen LogP contribution in [0, 0.1) is 11.3 Å². The Morgan fingerprint density at radius 2 is 2.04 bits per heavy atom. The number of anilines is 1. The number of nitrogens with one attached hydrogen (secondary N) is 1. The standard InChI is InChI=1S/C17H14N6OS/c18-10-14-7-4-8-15(9-14)19-16(24)12-25-17-20-21-22-23(17)11-13-5-2-1-3-6-13/h1-9H,11-12H2,(H,19,24). The van der Waals surface area contributed by atoms with Crippen molar-refractivity contribution in [1.82, 2.24) is 20.2 Å². The third-order valence-corrected chi connectivity index (χ3v) is 4.24. The van der Waals surface area contributed by atoms with Crippen LogP contribution >= 0.6 is 11.8 Å². The second-order valence-electron chi connectivity index (χ2n) is 5.13. The molecule has 3 aromatic rings. The van der Waals surface area contributed by atoms with Crippen molar-refractivity contribution >= 4 is 23.4 Å². The summed E-state index contributed by atoms with van der Waals surface area (Å²) in [5.74, 6) is -0.0132. The zero-order chi connectivity index (χ0) is 17.5. The molecule has 0 saturated carbocycles. The Labute approximate surface area is 148 Å². The van der Waals surface area contributed by atoms with E-state index in [1.807, 2.05) is 36.4 Å². The van der Waals surface area contributed by atoms with E-state index < -0.39 is 0 Å². The lowest BCUT2D eigenvalue weighted by Crippen LogP contribution is -2.15. The minimum absolute atomic E-state index is 0.173. The van der Waals surface area contributed by atoms with Gasteiger partial charge in [0, 0.05) is 5.69 Å². The summed E-state index contributed by atoms with van der Waals surface area (Å²) in [5, 5.41) is 23.8. The van der Waals surface area contributed by atoms with Gasteiger partial charge in [-0.05, 0) is 34.2 Å². The van der Waals surface area contributed by atoms with Crippen molar-refractivity contribution in [1.29, 1.82) is 5.26 Å². The highest BCUT2D eigenvalue weighted by molar-refractivity contribution is 7.99. The number of tetrazole rings is 1. The van der Waals surface area contributed by atoms with Gasteiger partial charge in [0.25, 0.3) is 0 Å². The molecule has 2 aromatic carbocycles. The average Bonchev–Trinajstić information content (AvgIpc) is 3.08. The van der Waals surface area contributed by atoms with Gasteiger partial charge in [-0.2, -0.15) is 5.26 Å². The van der Waals surface area contributed by atoms with E-state index in [0.717, 1.165) is 5.56 Å². The first-order valence-electron chi connectivity index (χ1n) is 7.47. The molecule has 1 heterocycles. The number of benzene rings is 2. The van der Waals surface area contributed by atoms with Crippen molar-refractivity contribution in [3.63, 3.8) is 0 Å². The zero-order valence-electron chi connectivity index (χ0n) is 13.2. The normalized spacial score (nSPS) is 10.2.